The minimum absolute atomic E-state index is 0.117. The van der Waals surface area contributed by atoms with E-state index < -0.39 is 6.10 Å². The van der Waals surface area contributed by atoms with Crippen molar-refractivity contribution >= 4 is 5.78 Å². The summed E-state index contributed by atoms with van der Waals surface area (Å²) in [6.07, 6.45) is 1.80. The van der Waals surface area contributed by atoms with Crippen molar-refractivity contribution in [3.8, 4) is 5.75 Å². The van der Waals surface area contributed by atoms with Crippen LogP contribution in [0.25, 0.3) is 0 Å². The van der Waals surface area contributed by atoms with E-state index in [1.807, 2.05) is 24.3 Å². The standard InChI is InChI=1S/C15H16N2O3/c1-17-13(12(19-2)9-16-17)14(18)15-11-6-4-3-5-10(11)7-8-20-15/h3-6,9,15H,7-8H2,1-2H3. The Morgan fingerprint density at radius 3 is 3.05 bits per heavy atom. The number of benzene rings is 1. The second kappa shape index (κ2) is 5.09. The van der Waals surface area contributed by atoms with E-state index in [4.69, 9.17) is 9.47 Å². The van der Waals surface area contributed by atoms with Gasteiger partial charge in [0.15, 0.2) is 5.75 Å². The van der Waals surface area contributed by atoms with Crippen LogP contribution in [-0.2, 0) is 18.2 Å². The topological polar surface area (TPSA) is 53.4 Å². The number of aromatic nitrogens is 2. The maximum Gasteiger partial charge on any atom is 0.217 e. The van der Waals surface area contributed by atoms with Crippen LogP contribution in [0.15, 0.2) is 30.5 Å². The summed E-state index contributed by atoms with van der Waals surface area (Å²) in [7, 11) is 3.26. The van der Waals surface area contributed by atoms with Crippen molar-refractivity contribution in [2.45, 2.75) is 12.5 Å². The van der Waals surface area contributed by atoms with Gasteiger partial charge >= 0.3 is 0 Å². The highest BCUT2D eigenvalue weighted by molar-refractivity contribution is 6.01. The van der Waals surface area contributed by atoms with Gasteiger partial charge in [0, 0.05) is 7.05 Å². The quantitative estimate of drug-likeness (QED) is 0.801. The number of aryl methyl sites for hydroxylation is 1. The molecule has 1 aliphatic heterocycles. The monoisotopic (exact) mass is 272 g/mol. The minimum atomic E-state index is -0.579. The fraction of sp³-hybridized carbons (Fsp3) is 0.333. The number of nitrogens with zero attached hydrogens (tertiary/aromatic N) is 2. The van der Waals surface area contributed by atoms with Gasteiger partial charge in [-0.2, -0.15) is 5.10 Å². The lowest BCUT2D eigenvalue weighted by Crippen LogP contribution is -2.25. The molecular weight excluding hydrogens is 256 g/mol. The third kappa shape index (κ3) is 2.00. The molecule has 0 amide bonds. The molecule has 104 valence electrons. The minimum Gasteiger partial charge on any atom is -0.493 e. The average Bonchev–Trinajstić information content (AvgIpc) is 2.87. The molecule has 1 aromatic heterocycles. The Balaban J connectivity index is 2.02. The number of hydrogen-bond acceptors (Lipinski definition) is 4. The van der Waals surface area contributed by atoms with E-state index in [0.717, 1.165) is 12.0 Å². The highest BCUT2D eigenvalue weighted by Crippen LogP contribution is 2.32. The Bertz CT molecular complexity index is 648. The van der Waals surface area contributed by atoms with Crippen LogP contribution in [0.3, 0.4) is 0 Å². The molecule has 1 unspecified atom stereocenters. The van der Waals surface area contributed by atoms with Crippen molar-refractivity contribution in [1.29, 1.82) is 0 Å². The summed E-state index contributed by atoms with van der Waals surface area (Å²) in [6, 6.07) is 7.89. The first kappa shape index (κ1) is 12.9. The fourth-order valence-electron chi connectivity index (χ4n) is 2.58. The molecule has 1 aliphatic rings. The number of Topliss-reactive ketones (excluding diaryl/α,β-unsaturated/α-hetero) is 1. The molecule has 20 heavy (non-hydrogen) atoms. The number of ketones is 1. The Labute approximate surface area is 117 Å². The first-order valence-electron chi connectivity index (χ1n) is 6.52. The molecule has 0 N–H and O–H groups in total. The molecule has 0 spiro atoms. The molecule has 0 radical (unpaired) electrons. The number of methoxy groups -OCH3 is 1. The summed E-state index contributed by atoms with van der Waals surface area (Å²) >= 11 is 0. The normalized spacial score (nSPS) is 17.6. The van der Waals surface area contributed by atoms with E-state index in [9.17, 15) is 4.79 Å². The zero-order chi connectivity index (χ0) is 14.1. The molecule has 0 saturated heterocycles. The number of rotatable bonds is 3. The predicted octanol–water partition coefficient (Wildman–Crippen LogP) is 1.93. The molecule has 0 saturated carbocycles. The van der Waals surface area contributed by atoms with Gasteiger partial charge < -0.3 is 9.47 Å². The summed E-state index contributed by atoms with van der Waals surface area (Å²) in [5, 5.41) is 4.07. The van der Waals surface area contributed by atoms with Gasteiger partial charge in [-0.05, 0) is 17.5 Å². The van der Waals surface area contributed by atoms with Gasteiger partial charge in [-0.3, -0.25) is 9.48 Å². The number of fused-ring (bicyclic) bond motifs is 1. The Morgan fingerprint density at radius 1 is 1.45 bits per heavy atom. The van der Waals surface area contributed by atoms with Crippen molar-refractivity contribution in [2.75, 3.05) is 13.7 Å². The molecule has 3 rings (SSSR count). The van der Waals surface area contributed by atoms with Crippen LogP contribution >= 0.6 is 0 Å². The number of carbonyl (C=O) groups is 1. The molecule has 0 aliphatic carbocycles. The molecular formula is C15H16N2O3. The van der Waals surface area contributed by atoms with Gasteiger partial charge in [0.25, 0.3) is 0 Å². The third-order valence-electron chi connectivity index (χ3n) is 3.59. The van der Waals surface area contributed by atoms with Crippen LogP contribution in [0.2, 0.25) is 0 Å². The van der Waals surface area contributed by atoms with Gasteiger partial charge in [0.05, 0.1) is 19.9 Å². The van der Waals surface area contributed by atoms with E-state index in [1.165, 1.54) is 17.4 Å². The SMILES string of the molecule is COc1cnn(C)c1C(=O)C1OCCc2ccccc21. The smallest absolute Gasteiger partial charge is 0.217 e. The third-order valence-corrected chi connectivity index (χ3v) is 3.59. The maximum absolute atomic E-state index is 12.8. The molecule has 2 aromatic rings. The van der Waals surface area contributed by atoms with E-state index in [1.54, 1.807) is 13.2 Å². The lowest BCUT2D eigenvalue weighted by molar-refractivity contribution is 0.0338. The highest BCUT2D eigenvalue weighted by atomic mass is 16.5. The largest absolute Gasteiger partial charge is 0.493 e. The molecule has 5 heteroatoms. The van der Waals surface area contributed by atoms with Crippen LogP contribution < -0.4 is 4.74 Å². The van der Waals surface area contributed by atoms with Crippen molar-refractivity contribution in [3.63, 3.8) is 0 Å². The van der Waals surface area contributed by atoms with Crippen molar-refractivity contribution in [1.82, 2.24) is 9.78 Å². The van der Waals surface area contributed by atoms with Crippen LogP contribution in [0.4, 0.5) is 0 Å². The Kier molecular flexibility index (Phi) is 3.28. The number of carbonyl (C=O) groups excluding carboxylic acids is 1. The Hall–Kier alpha value is -2.14. The van der Waals surface area contributed by atoms with Crippen molar-refractivity contribution < 1.29 is 14.3 Å². The van der Waals surface area contributed by atoms with E-state index >= 15 is 0 Å². The van der Waals surface area contributed by atoms with Crippen LogP contribution in [0.5, 0.6) is 5.75 Å². The molecule has 1 aromatic carbocycles. The highest BCUT2D eigenvalue weighted by Gasteiger charge is 2.31. The Morgan fingerprint density at radius 2 is 2.25 bits per heavy atom. The molecule has 0 bridgehead atoms. The van der Waals surface area contributed by atoms with Crippen LogP contribution in [-0.4, -0.2) is 29.3 Å². The summed E-state index contributed by atoms with van der Waals surface area (Å²) in [5.41, 5.74) is 2.54. The zero-order valence-corrected chi connectivity index (χ0v) is 11.5. The summed E-state index contributed by atoms with van der Waals surface area (Å²) in [5.74, 6) is 0.359. The lowest BCUT2D eigenvalue weighted by atomic mass is 9.94. The fourth-order valence-corrected chi connectivity index (χ4v) is 2.58. The van der Waals surface area contributed by atoms with E-state index in [0.29, 0.717) is 18.1 Å². The van der Waals surface area contributed by atoms with E-state index in [-0.39, 0.29) is 5.78 Å². The van der Waals surface area contributed by atoms with Crippen LogP contribution in [0, 0.1) is 0 Å². The number of ether oxygens (including phenoxy) is 2. The lowest BCUT2D eigenvalue weighted by Gasteiger charge is -2.25. The first-order valence-corrected chi connectivity index (χ1v) is 6.52. The molecule has 0 fully saturated rings. The second-order valence-electron chi connectivity index (χ2n) is 4.75. The first-order chi connectivity index (χ1) is 9.72. The molecule has 5 nitrogen and oxygen atoms in total. The summed E-state index contributed by atoms with van der Waals surface area (Å²) in [4.78, 5) is 12.8. The van der Waals surface area contributed by atoms with Gasteiger partial charge in [0.1, 0.15) is 11.8 Å². The van der Waals surface area contributed by atoms with Gasteiger partial charge in [-0.25, -0.2) is 0 Å². The predicted molar refractivity (Wildman–Crippen MR) is 72.9 cm³/mol. The van der Waals surface area contributed by atoms with Crippen molar-refractivity contribution in [2.24, 2.45) is 7.05 Å². The molecule has 1 atom stereocenters. The van der Waals surface area contributed by atoms with E-state index in [2.05, 4.69) is 5.10 Å². The summed E-state index contributed by atoms with van der Waals surface area (Å²) < 4.78 is 12.4. The van der Waals surface area contributed by atoms with Gasteiger partial charge in [0.2, 0.25) is 5.78 Å². The van der Waals surface area contributed by atoms with Crippen molar-refractivity contribution in [3.05, 3.63) is 47.3 Å². The summed E-state index contributed by atoms with van der Waals surface area (Å²) in [6.45, 7) is 0.549. The second-order valence-corrected chi connectivity index (χ2v) is 4.75. The molecule has 2 heterocycles. The van der Waals surface area contributed by atoms with Gasteiger partial charge in [-0.1, -0.05) is 24.3 Å². The number of hydrogen-bond donors (Lipinski definition) is 0. The van der Waals surface area contributed by atoms with Crippen LogP contribution in [0.1, 0.15) is 27.7 Å². The zero-order valence-electron chi connectivity index (χ0n) is 11.5. The van der Waals surface area contributed by atoms with Gasteiger partial charge in [-0.15, -0.1) is 0 Å². The average molecular weight is 272 g/mol. The maximum atomic E-state index is 12.8.